The highest BCUT2D eigenvalue weighted by Crippen LogP contribution is 2.36. The lowest BCUT2D eigenvalue weighted by molar-refractivity contribution is -0.207. The molecule has 0 radical (unpaired) electrons. The van der Waals surface area contributed by atoms with E-state index in [1.54, 1.807) is 0 Å². The van der Waals surface area contributed by atoms with Gasteiger partial charge in [-0.05, 0) is 36.4 Å². The molecular formula is C25H19ClF7N7O3. The van der Waals surface area contributed by atoms with E-state index < -0.39 is 72.2 Å². The molecule has 1 fully saturated rings. The van der Waals surface area contributed by atoms with Gasteiger partial charge in [-0.1, -0.05) is 17.7 Å². The monoisotopic (exact) mass is 633 g/mol. The van der Waals surface area contributed by atoms with Gasteiger partial charge in [-0.2, -0.15) is 26.3 Å². The Labute approximate surface area is 241 Å². The molecule has 228 valence electrons. The summed E-state index contributed by atoms with van der Waals surface area (Å²) < 4.78 is 96.3. The van der Waals surface area contributed by atoms with Crippen LogP contribution in [0.1, 0.15) is 28.2 Å². The number of rotatable bonds is 8. The molecule has 0 spiro atoms. The number of nitrogens with one attached hydrogen (secondary N) is 1. The van der Waals surface area contributed by atoms with Crippen LogP contribution >= 0.6 is 11.6 Å². The maximum atomic E-state index is 13.9. The summed E-state index contributed by atoms with van der Waals surface area (Å²) in [5, 5.41) is 20.2. The number of halogens is 8. The lowest BCUT2D eigenvalue weighted by Crippen LogP contribution is -2.37. The van der Waals surface area contributed by atoms with Gasteiger partial charge in [-0.3, -0.25) is 9.36 Å². The lowest BCUT2D eigenvalue weighted by Gasteiger charge is -2.16. The number of carbonyl (C=O) groups excluding carboxylic acids is 1. The molecule has 2 N–H and O–H groups in total. The molecule has 2 heterocycles. The van der Waals surface area contributed by atoms with Crippen molar-refractivity contribution in [2.75, 3.05) is 0 Å². The predicted octanol–water partition coefficient (Wildman–Crippen LogP) is 3.78. The zero-order valence-electron chi connectivity index (χ0n) is 21.4. The second-order valence-corrected chi connectivity index (χ2v) is 10.0. The smallest absolute Gasteiger partial charge is 0.382 e. The third-order valence-electron chi connectivity index (χ3n) is 6.43. The molecule has 0 bridgehead atoms. The van der Waals surface area contributed by atoms with Gasteiger partial charge in [0.05, 0.1) is 29.4 Å². The molecule has 1 aliphatic carbocycles. The minimum Gasteiger partial charge on any atom is -0.382 e. The molecule has 2 aromatic heterocycles. The second kappa shape index (κ2) is 11.1. The van der Waals surface area contributed by atoms with Crippen molar-refractivity contribution in [1.82, 2.24) is 34.4 Å². The maximum Gasteiger partial charge on any atom is 0.418 e. The fourth-order valence-corrected chi connectivity index (χ4v) is 4.30. The quantitative estimate of drug-likeness (QED) is 0.285. The van der Waals surface area contributed by atoms with Crippen molar-refractivity contribution in [2.45, 2.75) is 50.2 Å². The molecule has 2 aromatic carbocycles. The highest BCUT2D eigenvalue weighted by molar-refractivity contribution is 6.30. The molecule has 1 amide bonds. The zero-order chi connectivity index (χ0) is 31.3. The van der Waals surface area contributed by atoms with Crippen molar-refractivity contribution in [2.24, 2.45) is 0 Å². The number of hydrogen-bond acceptors (Lipinski definition) is 6. The molecule has 0 saturated heterocycles. The van der Waals surface area contributed by atoms with Gasteiger partial charge in [-0.15, -0.1) is 10.2 Å². The number of alkyl halides is 7. The SMILES string of the molecule is O=C(N[C@H]1C[C@H]1F)c1cccc(C(F)(F)F)c1-n1cnc(Cn2nc(-c3ccc(Cl)cc3)n(C[C@H](O)C(F)(F)F)c2=O)n1. The van der Waals surface area contributed by atoms with Crippen molar-refractivity contribution in [3.05, 3.63) is 81.3 Å². The first-order chi connectivity index (χ1) is 20.1. The standard InChI is InChI=1S/C25H19ClF7N7O3/c26-13-6-4-12(5-7-13)21-37-39(23(43)38(21)9-18(41)25(31,32)33)10-19-34-11-40(36-19)20-14(22(42)35-17-8-16(17)27)2-1-3-15(20)24(28,29)30/h1-7,11,16-18,41H,8-10H2,(H,35,42)/t16-,17+,18+/m1/s1. The van der Waals surface area contributed by atoms with Crippen molar-refractivity contribution >= 4 is 17.5 Å². The molecule has 43 heavy (non-hydrogen) atoms. The predicted molar refractivity (Wildman–Crippen MR) is 135 cm³/mol. The van der Waals surface area contributed by atoms with Gasteiger partial charge in [0.2, 0.25) is 0 Å². The number of aliphatic hydroxyl groups is 1. The maximum absolute atomic E-state index is 13.9. The molecule has 10 nitrogen and oxygen atoms in total. The highest BCUT2D eigenvalue weighted by Gasteiger charge is 2.41. The van der Waals surface area contributed by atoms with Gasteiger partial charge in [0, 0.05) is 17.0 Å². The number of amides is 1. The van der Waals surface area contributed by atoms with Gasteiger partial charge < -0.3 is 10.4 Å². The van der Waals surface area contributed by atoms with E-state index >= 15 is 0 Å². The number of carbonyl (C=O) groups is 1. The summed E-state index contributed by atoms with van der Waals surface area (Å²) in [4.78, 5) is 29.7. The van der Waals surface area contributed by atoms with Crippen LogP contribution < -0.4 is 11.0 Å². The van der Waals surface area contributed by atoms with Crippen molar-refractivity contribution in [3.8, 4) is 17.1 Å². The van der Waals surface area contributed by atoms with Crippen LogP contribution in [0.15, 0.2) is 53.6 Å². The van der Waals surface area contributed by atoms with Crippen molar-refractivity contribution < 1.29 is 40.6 Å². The Kier molecular flexibility index (Phi) is 7.81. The topological polar surface area (TPSA) is 120 Å². The molecule has 1 aliphatic rings. The number of para-hydroxylation sites is 1. The van der Waals surface area contributed by atoms with Crippen LogP contribution in [0.2, 0.25) is 5.02 Å². The van der Waals surface area contributed by atoms with Crippen molar-refractivity contribution in [3.63, 3.8) is 0 Å². The van der Waals surface area contributed by atoms with Crippen molar-refractivity contribution in [1.29, 1.82) is 0 Å². The Morgan fingerprint density at radius 3 is 2.37 bits per heavy atom. The Bertz CT molecular complexity index is 1710. The molecule has 4 aromatic rings. The zero-order valence-corrected chi connectivity index (χ0v) is 22.2. The summed E-state index contributed by atoms with van der Waals surface area (Å²) in [7, 11) is 0. The number of nitrogens with zero attached hydrogens (tertiary/aromatic N) is 6. The number of hydrogen-bond donors (Lipinski definition) is 2. The number of aliphatic hydroxyl groups excluding tert-OH is 1. The fourth-order valence-electron chi connectivity index (χ4n) is 4.17. The van der Waals surface area contributed by atoms with E-state index in [4.69, 9.17) is 11.6 Å². The molecule has 0 aliphatic heterocycles. The molecule has 3 atom stereocenters. The molecule has 5 rings (SSSR count). The van der Waals surface area contributed by atoms with Crippen LogP contribution in [-0.4, -0.2) is 64.6 Å². The van der Waals surface area contributed by atoms with Gasteiger partial charge in [0.1, 0.15) is 19.0 Å². The Morgan fingerprint density at radius 2 is 1.77 bits per heavy atom. The van der Waals surface area contributed by atoms with E-state index in [0.717, 1.165) is 18.5 Å². The Balaban J connectivity index is 1.52. The van der Waals surface area contributed by atoms with Crippen LogP contribution in [0.25, 0.3) is 17.1 Å². The first-order valence-corrected chi connectivity index (χ1v) is 12.8. The van der Waals surface area contributed by atoms with E-state index in [-0.39, 0.29) is 28.7 Å². The van der Waals surface area contributed by atoms with Gasteiger partial charge >= 0.3 is 18.0 Å². The average Bonchev–Trinajstić information content (AvgIpc) is 3.29. The molecule has 0 unspecified atom stereocenters. The summed E-state index contributed by atoms with van der Waals surface area (Å²) in [6.45, 7) is -1.82. The minimum atomic E-state index is -5.06. The Hall–Kier alpha value is -4.25. The van der Waals surface area contributed by atoms with Crippen LogP contribution in [0.5, 0.6) is 0 Å². The number of aromatic nitrogens is 6. The molecule has 18 heteroatoms. The number of benzene rings is 2. The summed E-state index contributed by atoms with van der Waals surface area (Å²) in [5.74, 6) is -1.54. The lowest BCUT2D eigenvalue weighted by atomic mass is 10.1. The molecule has 1 saturated carbocycles. The largest absolute Gasteiger partial charge is 0.418 e. The fraction of sp³-hybridized carbons (Fsp3) is 0.320. The average molecular weight is 634 g/mol. The van der Waals surface area contributed by atoms with Crippen LogP contribution in [-0.2, 0) is 19.3 Å². The van der Waals surface area contributed by atoms with Crippen LogP contribution in [0, 0.1) is 0 Å². The summed E-state index contributed by atoms with van der Waals surface area (Å²) in [6.07, 6.45) is -13.4. The minimum absolute atomic E-state index is 0.0207. The van der Waals surface area contributed by atoms with E-state index in [1.807, 2.05) is 0 Å². The summed E-state index contributed by atoms with van der Waals surface area (Å²) >= 11 is 5.87. The van der Waals surface area contributed by atoms with Gasteiger partial charge in [-0.25, -0.2) is 23.5 Å². The van der Waals surface area contributed by atoms with E-state index in [9.17, 15) is 45.4 Å². The molecular weight excluding hydrogens is 615 g/mol. The third-order valence-corrected chi connectivity index (χ3v) is 6.69. The van der Waals surface area contributed by atoms with E-state index in [2.05, 4.69) is 20.5 Å². The first kappa shape index (κ1) is 30.2. The Morgan fingerprint density at radius 1 is 1.09 bits per heavy atom. The van der Waals surface area contributed by atoms with Crippen LogP contribution in [0.3, 0.4) is 0 Å². The summed E-state index contributed by atoms with van der Waals surface area (Å²) in [5.41, 5.74) is -3.37. The normalized spacial score (nSPS) is 17.6. The third kappa shape index (κ3) is 6.41. The highest BCUT2D eigenvalue weighted by atomic mass is 35.5. The van der Waals surface area contributed by atoms with Crippen LogP contribution in [0.4, 0.5) is 30.7 Å². The van der Waals surface area contributed by atoms with E-state index in [0.29, 0.717) is 20.0 Å². The first-order valence-electron chi connectivity index (χ1n) is 12.4. The van der Waals surface area contributed by atoms with E-state index in [1.165, 1.54) is 24.3 Å². The summed E-state index contributed by atoms with van der Waals surface area (Å²) in [6, 6.07) is 7.52. The second-order valence-electron chi connectivity index (χ2n) is 9.58. The van der Waals surface area contributed by atoms with Gasteiger partial charge in [0.25, 0.3) is 5.91 Å². The van der Waals surface area contributed by atoms with Gasteiger partial charge in [0.15, 0.2) is 17.8 Å².